The van der Waals surface area contributed by atoms with Gasteiger partial charge in [0.05, 0.1) is 12.7 Å². The lowest BCUT2D eigenvalue weighted by Gasteiger charge is -2.34. The van der Waals surface area contributed by atoms with Crippen molar-refractivity contribution < 1.29 is 9.53 Å². The maximum Gasteiger partial charge on any atom is 0.150 e. The zero-order valence-corrected chi connectivity index (χ0v) is 23.4. The first kappa shape index (κ1) is 28.3. The van der Waals surface area contributed by atoms with Gasteiger partial charge >= 0.3 is 0 Å². The van der Waals surface area contributed by atoms with Crippen LogP contribution < -0.4 is 15.6 Å². The number of ether oxygens (including phenoxy) is 1. The van der Waals surface area contributed by atoms with E-state index < -0.39 is 0 Å². The summed E-state index contributed by atoms with van der Waals surface area (Å²) in [5, 5.41) is 5.42. The molecule has 206 valence electrons. The van der Waals surface area contributed by atoms with Crippen LogP contribution in [-0.4, -0.2) is 50.6 Å². The standard InChI is InChI=1S/C32H46N4O2/c1-4-5-6-25(2)34-35(3)22-30-21-31(12-11-29(30)23-37)36-19-15-28(16-20-36)27-9-7-26(8-10-27)24-38-32-13-17-33-18-14-32/h7-12,21,23,28,32-34H,2,4-6,13-20,22,24H2,1,3H3. The maximum atomic E-state index is 11.7. The van der Waals surface area contributed by atoms with Crippen LogP contribution >= 0.6 is 0 Å². The van der Waals surface area contributed by atoms with E-state index in [1.807, 2.05) is 18.1 Å². The van der Waals surface area contributed by atoms with Gasteiger partial charge in [0.25, 0.3) is 0 Å². The summed E-state index contributed by atoms with van der Waals surface area (Å²) >= 11 is 0. The number of anilines is 1. The number of unbranched alkanes of at least 4 members (excludes halogenated alkanes) is 1. The van der Waals surface area contributed by atoms with E-state index in [2.05, 4.69) is 65.5 Å². The second-order valence-corrected chi connectivity index (χ2v) is 10.9. The Morgan fingerprint density at radius 2 is 1.87 bits per heavy atom. The molecule has 0 spiro atoms. The van der Waals surface area contributed by atoms with Crippen LogP contribution in [0.2, 0.25) is 0 Å². The smallest absolute Gasteiger partial charge is 0.150 e. The van der Waals surface area contributed by atoms with Crippen molar-refractivity contribution in [2.75, 3.05) is 38.1 Å². The molecule has 0 radical (unpaired) electrons. The first-order chi connectivity index (χ1) is 18.6. The van der Waals surface area contributed by atoms with Crippen LogP contribution in [0.1, 0.15) is 84.8 Å². The molecule has 6 heteroatoms. The van der Waals surface area contributed by atoms with Gasteiger partial charge in [-0.2, -0.15) is 0 Å². The molecule has 38 heavy (non-hydrogen) atoms. The average molecular weight is 519 g/mol. The number of hydrogen-bond donors (Lipinski definition) is 2. The van der Waals surface area contributed by atoms with Gasteiger partial charge in [0.15, 0.2) is 0 Å². The summed E-state index contributed by atoms with van der Waals surface area (Å²) in [4.78, 5) is 14.2. The Bertz CT molecular complexity index is 1020. The molecule has 2 aromatic carbocycles. The van der Waals surface area contributed by atoms with Crippen molar-refractivity contribution in [3.63, 3.8) is 0 Å². The van der Waals surface area contributed by atoms with Crippen molar-refractivity contribution in [2.45, 2.75) is 77.0 Å². The number of carbonyl (C=O) groups is 1. The fourth-order valence-corrected chi connectivity index (χ4v) is 5.59. The molecule has 2 aromatic rings. The molecule has 0 atom stereocenters. The highest BCUT2D eigenvalue weighted by molar-refractivity contribution is 5.78. The Hall–Kier alpha value is -2.67. The van der Waals surface area contributed by atoms with E-state index in [4.69, 9.17) is 4.74 Å². The first-order valence-electron chi connectivity index (χ1n) is 14.5. The zero-order chi connectivity index (χ0) is 26.7. The van der Waals surface area contributed by atoms with E-state index >= 15 is 0 Å². The molecule has 2 heterocycles. The van der Waals surface area contributed by atoms with Crippen molar-refractivity contribution in [3.8, 4) is 0 Å². The number of carbonyl (C=O) groups excluding carboxylic acids is 1. The number of benzene rings is 2. The number of rotatable bonds is 13. The third kappa shape index (κ3) is 8.16. The Kier molecular flexibility index (Phi) is 10.8. The molecule has 4 rings (SSSR count). The lowest BCUT2D eigenvalue weighted by Crippen LogP contribution is -2.34. The molecule has 0 bridgehead atoms. The predicted octanol–water partition coefficient (Wildman–Crippen LogP) is 5.79. The summed E-state index contributed by atoms with van der Waals surface area (Å²) in [7, 11) is 2.01. The number of aldehydes is 1. The minimum atomic E-state index is 0.392. The normalized spacial score (nSPS) is 17.1. The maximum absolute atomic E-state index is 11.7. The molecule has 2 fully saturated rings. The van der Waals surface area contributed by atoms with Gasteiger partial charge in [-0.15, -0.1) is 0 Å². The van der Waals surface area contributed by atoms with Gasteiger partial charge in [-0.25, -0.2) is 5.01 Å². The summed E-state index contributed by atoms with van der Waals surface area (Å²) in [6.07, 6.45) is 9.08. The first-order valence-corrected chi connectivity index (χ1v) is 14.5. The Labute approximate surface area is 229 Å². The van der Waals surface area contributed by atoms with Crippen molar-refractivity contribution >= 4 is 12.0 Å². The van der Waals surface area contributed by atoms with Gasteiger partial charge in [0.2, 0.25) is 0 Å². The van der Waals surface area contributed by atoms with Crippen molar-refractivity contribution in [1.82, 2.24) is 15.8 Å². The molecule has 2 N–H and O–H groups in total. The third-order valence-corrected chi connectivity index (χ3v) is 7.93. The lowest BCUT2D eigenvalue weighted by atomic mass is 9.88. The monoisotopic (exact) mass is 518 g/mol. The van der Waals surface area contributed by atoms with Crippen LogP contribution in [0.15, 0.2) is 54.7 Å². The van der Waals surface area contributed by atoms with Gasteiger partial charge in [0, 0.05) is 43.6 Å². The van der Waals surface area contributed by atoms with E-state index in [0.29, 0.717) is 25.2 Å². The Balaban J connectivity index is 1.29. The molecule has 6 nitrogen and oxygen atoms in total. The van der Waals surface area contributed by atoms with E-state index in [1.165, 1.54) is 16.8 Å². The highest BCUT2D eigenvalue weighted by Crippen LogP contribution is 2.31. The van der Waals surface area contributed by atoms with Crippen LogP contribution in [0.25, 0.3) is 0 Å². The fraction of sp³-hybridized carbons (Fsp3) is 0.531. The van der Waals surface area contributed by atoms with Crippen LogP contribution in [-0.2, 0) is 17.9 Å². The molecule has 0 aromatic heterocycles. The van der Waals surface area contributed by atoms with Gasteiger partial charge in [0.1, 0.15) is 6.29 Å². The van der Waals surface area contributed by atoms with Crippen LogP contribution in [0.4, 0.5) is 5.69 Å². The number of nitrogens with zero attached hydrogens (tertiary/aromatic N) is 2. The number of hydrazine groups is 1. The highest BCUT2D eigenvalue weighted by atomic mass is 16.5. The van der Waals surface area contributed by atoms with E-state index in [-0.39, 0.29) is 0 Å². The molecule has 2 saturated heterocycles. The quantitative estimate of drug-likeness (QED) is 0.259. The van der Waals surface area contributed by atoms with Crippen molar-refractivity contribution in [2.24, 2.45) is 0 Å². The summed E-state index contributed by atoms with van der Waals surface area (Å²) in [6, 6.07) is 15.3. The number of piperidine rings is 2. The predicted molar refractivity (Wildman–Crippen MR) is 156 cm³/mol. The third-order valence-electron chi connectivity index (χ3n) is 7.93. The van der Waals surface area contributed by atoms with Gasteiger partial charge in [-0.05, 0) is 92.4 Å². The SMILES string of the molecule is C=C(CCCC)NN(C)Cc1cc(N2CCC(c3ccc(COC4CCNCC4)cc3)CC2)ccc1C=O. The summed E-state index contributed by atoms with van der Waals surface area (Å²) in [6.45, 7) is 11.8. The summed E-state index contributed by atoms with van der Waals surface area (Å²) in [5.41, 5.74) is 10.1. The lowest BCUT2D eigenvalue weighted by molar-refractivity contribution is 0.0212. The highest BCUT2D eigenvalue weighted by Gasteiger charge is 2.22. The fourth-order valence-electron chi connectivity index (χ4n) is 5.59. The van der Waals surface area contributed by atoms with Crippen molar-refractivity contribution in [1.29, 1.82) is 0 Å². The molecule has 0 aliphatic carbocycles. The number of nitrogens with one attached hydrogen (secondary N) is 2. The Morgan fingerprint density at radius 3 is 2.55 bits per heavy atom. The second kappa shape index (κ2) is 14.5. The minimum absolute atomic E-state index is 0.392. The van der Waals surface area contributed by atoms with Crippen LogP contribution in [0.5, 0.6) is 0 Å². The largest absolute Gasteiger partial charge is 0.373 e. The number of allylic oxidation sites excluding steroid dienone is 1. The molecular weight excluding hydrogens is 472 g/mol. The molecule has 0 amide bonds. The van der Waals surface area contributed by atoms with Gasteiger partial charge in [-0.3, -0.25) is 4.79 Å². The topological polar surface area (TPSA) is 56.8 Å². The number of hydrogen-bond acceptors (Lipinski definition) is 6. The summed E-state index contributed by atoms with van der Waals surface area (Å²) in [5.74, 6) is 0.587. The average Bonchev–Trinajstić information content (AvgIpc) is 2.96. The molecule has 2 aliphatic rings. The molecule has 2 aliphatic heterocycles. The molecular formula is C32H46N4O2. The second-order valence-electron chi connectivity index (χ2n) is 10.9. The molecule has 0 unspecified atom stereocenters. The Morgan fingerprint density at radius 1 is 1.13 bits per heavy atom. The van der Waals surface area contributed by atoms with Gasteiger partial charge < -0.3 is 20.4 Å². The van der Waals surface area contributed by atoms with E-state index in [9.17, 15) is 4.79 Å². The van der Waals surface area contributed by atoms with Crippen LogP contribution in [0, 0.1) is 0 Å². The summed E-state index contributed by atoms with van der Waals surface area (Å²) < 4.78 is 6.12. The zero-order valence-electron chi connectivity index (χ0n) is 23.4. The minimum Gasteiger partial charge on any atom is -0.373 e. The van der Waals surface area contributed by atoms with Gasteiger partial charge in [-0.1, -0.05) is 44.2 Å². The van der Waals surface area contributed by atoms with E-state index in [0.717, 1.165) is 94.2 Å². The molecule has 0 saturated carbocycles. The van der Waals surface area contributed by atoms with Crippen molar-refractivity contribution in [3.05, 3.63) is 77.0 Å². The van der Waals surface area contributed by atoms with Crippen LogP contribution in [0.3, 0.4) is 0 Å². The van der Waals surface area contributed by atoms with E-state index in [1.54, 1.807) is 0 Å².